The maximum Gasteiger partial charge on any atom is 0.261 e. The number of allylic oxidation sites excluding steroid dienone is 1. The number of hydrogen-bond acceptors (Lipinski definition) is 7. The molecule has 0 radical (unpaired) electrons. The highest BCUT2D eigenvalue weighted by Crippen LogP contribution is 2.31. The van der Waals surface area contributed by atoms with Crippen LogP contribution in [0.5, 0.6) is 11.6 Å². The summed E-state index contributed by atoms with van der Waals surface area (Å²) in [6, 6.07) is 5.37. The Bertz CT molecular complexity index is 969. The average Bonchev–Trinajstić information content (AvgIpc) is 3.06. The molecule has 8 nitrogen and oxygen atoms in total. The Kier molecular flexibility index (Phi) is 5.58. The number of hydrogen-bond donors (Lipinski definition) is 0. The van der Waals surface area contributed by atoms with E-state index in [1.165, 1.54) is 7.11 Å². The number of methoxy groups -OCH3 is 3. The van der Waals surface area contributed by atoms with Crippen molar-refractivity contribution in [3.63, 3.8) is 0 Å². The van der Waals surface area contributed by atoms with Gasteiger partial charge >= 0.3 is 0 Å². The van der Waals surface area contributed by atoms with Crippen LogP contribution in [-0.4, -0.2) is 55.0 Å². The number of fused-ring (bicyclic) bond motifs is 1. The smallest absolute Gasteiger partial charge is 0.261 e. The van der Waals surface area contributed by atoms with E-state index in [1.807, 2.05) is 0 Å². The third-order valence-corrected chi connectivity index (χ3v) is 4.44. The summed E-state index contributed by atoms with van der Waals surface area (Å²) < 4.78 is 15.6. The Morgan fingerprint density at radius 1 is 1.25 bits per heavy atom. The summed E-state index contributed by atoms with van der Waals surface area (Å²) in [4.78, 5) is 27.5. The molecular formula is C20H22N4O4. The van der Waals surface area contributed by atoms with Gasteiger partial charge in [-0.25, -0.2) is 4.98 Å². The number of ether oxygens (including phenoxy) is 3. The van der Waals surface area contributed by atoms with Crippen molar-refractivity contribution in [2.45, 2.75) is 13.5 Å². The zero-order chi connectivity index (χ0) is 20.3. The van der Waals surface area contributed by atoms with Gasteiger partial charge in [-0.15, -0.1) is 0 Å². The third-order valence-electron chi connectivity index (χ3n) is 4.44. The monoisotopic (exact) mass is 382 g/mol. The number of amidine groups is 1. The van der Waals surface area contributed by atoms with Crippen molar-refractivity contribution in [1.29, 1.82) is 0 Å². The zero-order valence-corrected chi connectivity index (χ0v) is 16.5. The van der Waals surface area contributed by atoms with E-state index >= 15 is 0 Å². The van der Waals surface area contributed by atoms with Gasteiger partial charge in [0.05, 0.1) is 50.6 Å². The predicted molar refractivity (Wildman–Crippen MR) is 105 cm³/mol. The minimum absolute atomic E-state index is 0.139. The normalized spacial score (nSPS) is 14.2. The number of nitrogens with zero attached hydrogens (tertiary/aromatic N) is 4. The highest BCUT2D eigenvalue weighted by molar-refractivity contribution is 6.12. The first-order chi connectivity index (χ1) is 13.5. The average molecular weight is 382 g/mol. The second-order valence-electron chi connectivity index (χ2n) is 6.06. The summed E-state index contributed by atoms with van der Waals surface area (Å²) in [7, 11) is 6.30. The van der Waals surface area contributed by atoms with Gasteiger partial charge in [-0.2, -0.15) is 0 Å². The predicted octanol–water partition coefficient (Wildman–Crippen LogP) is 2.70. The molecule has 0 spiro atoms. The highest BCUT2D eigenvalue weighted by Gasteiger charge is 2.31. The lowest BCUT2D eigenvalue weighted by Gasteiger charge is -2.15. The lowest BCUT2D eigenvalue weighted by Crippen LogP contribution is -2.30. The minimum Gasteiger partial charge on any atom is -0.501 e. The second-order valence-corrected chi connectivity index (χ2v) is 6.06. The van der Waals surface area contributed by atoms with Gasteiger partial charge in [-0.3, -0.25) is 19.7 Å². The van der Waals surface area contributed by atoms with Crippen molar-refractivity contribution in [2.75, 3.05) is 28.4 Å². The molecule has 0 bridgehead atoms. The molecule has 3 heterocycles. The molecule has 3 rings (SSSR count). The van der Waals surface area contributed by atoms with Gasteiger partial charge in [0.25, 0.3) is 11.8 Å². The summed E-state index contributed by atoms with van der Waals surface area (Å²) >= 11 is 0. The standard InChI is InChI=1S/C20H22N4O4/c1-12(26-3)8-18(21-2)24-11-16-14(20(24)25)6-7-15(23-16)13-9-17(27-4)19(28-5)22-10-13/h6-10H,11H2,1-5H3/b12-8+,21-18?. The van der Waals surface area contributed by atoms with Crippen LogP contribution in [0, 0.1) is 0 Å². The highest BCUT2D eigenvalue weighted by atomic mass is 16.5. The van der Waals surface area contributed by atoms with Crippen molar-refractivity contribution in [3.05, 3.63) is 47.5 Å². The fraction of sp³-hybridized carbons (Fsp3) is 0.300. The SMILES string of the molecule is CN=C(/C=C(\C)OC)N1Cc2nc(-c3cnc(OC)c(OC)c3)ccc2C1=O. The van der Waals surface area contributed by atoms with Gasteiger partial charge in [0.15, 0.2) is 5.75 Å². The number of carbonyl (C=O) groups excluding carboxylic acids is 1. The van der Waals surface area contributed by atoms with E-state index in [-0.39, 0.29) is 5.91 Å². The van der Waals surface area contributed by atoms with Crippen LogP contribution in [0.15, 0.2) is 41.2 Å². The van der Waals surface area contributed by atoms with Crippen LogP contribution in [0.1, 0.15) is 23.0 Å². The molecule has 1 aliphatic heterocycles. The van der Waals surface area contributed by atoms with Crippen molar-refractivity contribution < 1.29 is 19.0 Å². The zero-order valence-electron chi connectivity index (χ0n) is 16.5. The van der Waals surface area contributed by atoms with Crippen LogP contribution in [-0.2, 0) is 11.3 Å². The van der Waals surface area contributed by atoms with Crippen molar-refractivity contribution in [1.82, 2.24) is 14.9 Å². The molecule has 28 heavy (non-hydrogen) atoms. The molecule has 0 fully saturated rings. The van der Waals surface area contributed by atoms with Crippen LogP contribution in [0.3, 0.4) is 0 Å². The molecule has 2 aromatic rings. The maximum absolute atomic E-state index is 12.8. The van der Waals surface area contributed by atoms with Gasteiger partial charge in [0, 0.05) is 24.9 Å². The summed E-state index contributed by atoms with van der Waals surface area (Å²) in [5, 5.41) is 0. The lowest BCUT2D eigenvalue weighted by molar-refractivity contribution is 0.0866. The van der Waals surface area contributed by atoms with Gasteiger partial charge in [-0.05, 0) is 25.1 Å². The number of amides is 1. The lowest BCUT2D eigenvalue weighted by atomic mass is 10.1. The molecule has 0 atom stereocenters. The van der Waals surface area contributed by atoms with E-state index < -0.39 is 0 Å². The molecule has 0 aliphatic carbocycles. The Labute approximate surface area is 163 Å². The van der Waals surface area contributed by atoms with Gasteiger partial charge in [0.1, 0.15) is 5.84 Å². The summed E-state index contributed by atoms with van der Waals surface area (Å²) in [5.41, 5.74) is 2.70. The van der Waals surface area contributed by atoms with Crippen LogP contribution in [0.2, 0.25) is 0 Å². The number of pyridine rings is 2. The van der Waals surface area contributed by atoms with E-state index in [4.69, 9.17) is 14.2 Å². The molecule has 0 aromatic carbocycles. The topological polar surface area (TPSA) is 86.1 Å². The number of aromatic nitrogens is 2. The number of carbonyl (C=O) groups is 1. The van der Waals surface area contributed by atoms with Gasteiger partial charge in [-0.1, -0.05) is 0 Å². The fourth-order valence-electron chi connectivity index (χ4n) is 2.90. The second kappa shape index (κ2) is 8.08. The Hall–Kier alpha value is -3.42. The molecule has 2 aromatic heterocycles. The molecule has 0 saturated heterocycles. The number of rotatable bonds is 5. The summed E-state index contributed by atoms with van der Waals surface area (Å²) in [6.07, 6.45) is 3.39. The Morgan fingerprint density at radius 2 is 2.04 bits per heavy atom. The molecule has 8 heteroatoms. The first-order valence-corrected chi connectivity index (χ1v) is 8.61. The number of aliphatic imine (C=N–C) groups is 1. The third kappa shape index (κ3) is 3.53. The minimum atomic E-state index is -0.139. The largest absolute Gasteiger partial charge is 0.501 e. The Balaban J connectivity index is 1.94. The van der Waals surface area contributed by atoms with Crippen molar-refractivity contribution in [2.24, 2.45) is 4.99 Å². The van der Waals surface area contributed by atoms with E-state index in [2.05, 4.69) is 15.0 Å². The Morgan fingerprint density at radius 3 is 2.68 bits per heavy atom. The van der Waals surface area contributed by atoms with Crippen LogP contribution < -0.4 is 9.47 Å². The first kappa shape index (κ1) is 19.3. The molecule has 1 aliphatic rings. The molecule has 1 amide bonds. The fourth-order valence-corrected chi connectivity index (χ4v) is 2.90. The first-order valence-electron chi connectivity index (χ1n) is 8.61. The van der Waals surface area contributed by atoms with Crippen LogP contribution >= 0.6 is 0 Å². The van der Waals surface area contributed by atoms with Crippen LogP contribution in [0.4, 0.5) is 0 Å². The summed E-state index contributed by atoms with van der Waals surface area (Å²) in [5.74, 6) is 1.96. The quantitative estimate of drug-likeness (QED) is 0.449. The molecule has 0 unspecified atom stereocenters. The van der Waals surface area contributed by atoms with Gasteiger partial charge in [0.2, 0.25) is 0 Å². The molecule has 0 saturated carbocycles. The van der Waals surface area contributed by atoms with Crippen LogP contribution in [0.25, 0.3) is 11.3 Å². The molecular weight excluding hydrogens is 360 g/mol. The van der Waals surface area contributed by atoms with Crippen molar-refractivity contribution >= 4 is 11.7 Å². The van der Waals surface area contributed by atoms with Crippen molar-refractivity contribution in [3.8, 4) is 22.9 Å². The molecule has 146 valence electrons. The van der Waals surface area contributed by atoms with E-state index in [0.717, 1.165) is 5.56 Å². The molecule has 0 N–H and O–H groups in total. The van der Waals surface area contributed by atoms with E-state index in [9.17, 15) is 4.79 Å². The van der Waals surface area contributed by atoms with E-state index in [0.29, 0.717) is 46.7 Å². The van der Waals surface area contributed by atoms with Gasteiger partial charge < -0.3 is 14.2 Å². The van der Waals surface area contributed by atoms with E-state index in [1.54, 1.807) is 63.6 Å². The summed E-state index contributed by atoms with van der Waals surface area (Å²) in [6.45, 7) is 2.14. The maximum atomic E-state index is 12.8.